The van der Waals surface area contributed by atoms with Crippen LogP contribution in [0.3, 0.4) is 0 Å². The largest absolute Gasteiger partial charge is 0.490 e. The minimum absolute atomic E-state index is 0.000738. The van der Waals surface area contributed by atoms with Crippen LogP contribution in [-0.2, 0) is 19.1 Å². The Labute approximate surface area is 167 Å². The van der Waals surface area contributed by atoms with Gasteiger partial charge in [-0.25, -0.2) is 9.59 Å². The number of ether oxygens (including phenoxy) is 2. The number of anilines is 1. The molecule has 156 valence electrons. The third kappa shape index (κ3) is 5.14. The molecule has 0 saturated heterocycles. The smallest absolute Gasteiger partial charge is 0.466 e. The van der Waals surface area contributed by atoms with Crippen molar-refractivity contribution < 1.29 is 39.0 Å². The first-order chi connectivity index (χ1) is 13.7. The monoisotopic (exact) mass is 406 g/mol. The minimum Gasteiger partial charge on any atom is -0.466 e. The lowest BCUT2D eigenvalue weighted by atomic mass is 9.78. The van der Waals surface area contributed by atoms with E-state index in [2.05, 4.69) is 5.32 Å². The van der Waals surface area contributed by atoms with Gasteiger partial charge in [-0.2, -0.15) is 0 Å². The first kappa shape index (κ1) is 22.4. The second-order valence-corrected chi connectivity index (χ2v) is 6.55. The Morgan fingerprint density at radius 1 is 1.28 bits per heavy atom. The number of esters is 2. The first-order valence-corrected chi connectivity index (χ1v) is 8.89. The summed E-state index contributed by atoms with van der Waals surface area (Å²) in [6, 6.07) is 3.95. The minimum atomic E-state index is -1.90. The van der Waals surface area contributed by atoms with Crippen molar-refractivity contribution in [1.29, 1.82) is 0 Å². The molecule has 0 spiro atoms. The van der Waals surface area contributed by atoms with E-state index in [4.69, 9.17) is 14.6 Å². The molecule has 1 aliphatic rings. The van der Waals surface area contributed by atoms with E-state index in [0.717, 1.165) is 7.11 Å². The Hall–Kier alpha value is -2.89. The molecule has 29 heavy (non-hydrogen) atoms. The maximum absolute atomic E-state index is 12.6. The molecule has 1 heterocycles. The maximum atomic E-state index is 12.6. The molecule has 0 unspecified atom stereocenters. The molecule has 1 aromatic carbocycles. The van der Waals surface area contributed by atoms with Crippen molar-refractivity contribution in [1.82, 2.24) is 4.90 Å². The Bertz CT molecular complexity index is 837. The average Bonchev–Trinajstić information content (AvgIpc) is 2.96. The fourth-order valence-corrected chi connectivity index (χ4v) is 2.78. The molecule has 1 aliphatic heterocycles. The normalized spacial score (nSPS) is 13.8. The topological polar surface area (TPSA) is 146 Å². The van der Waals surface area contributed by atoms with Crippen molar-refractivity contribution in [3.8, 4) is 0 Å². The van der Waals surface area contributed by atoms with Gasteiger partial charge in [-0.3, -0.25) is 4.79 Å². The highest BCUT2D eigenvalue weighted by Crippen LogP contribution is 2.23. The zero-order chi connectivity index (χ0) is 21.7. The molecule has 4 N–H and O–H groups in total. The lowest BCUT2D eigenvalue weighted by Crippen LogP contribution is -2.35. The fourth-order valence-electron chi connectivity index (χ4n) is 2.78. The van der Waals surface area contributed by atoms with Crippen LogP contribution in [0, 0.1) is 0 Å². The van der Waals surface area contributed by atoms with Gasteiger partial charge in [-0.15, -0.1) is 0 Å². The summed E-state index contributed by atoms with van der Waals surface area (Å²) in [7, 11) is -0.739. The summed E-state index contributed by atoms with van der Waals surface area (Å²) < 4.78 is 9.84. The van der Waals surface area contributed by atoms with E-state index >= 15 is 0 Å². The van der Waals surface area contributed by atoms with Crippen molar-refractivity contribution in [3.05, 3.63) is 35.0 Å². The Morgan fingerprint density at radius 3 is 2.52 bits per heavy atom. The number of amides is 1. The van der Waals surface area contributed by atoms with Gasteiger partial charge in [0.25, 0.3) is 5.91 Å². The van der Waals surface area contributed by atoms with Crippen LogP contribution in [0.1, 0.15) is 24.2 Å². The molecular weight excluding hydrogens is 383 g/mol. The number of hydrogen-bond donors (Lipinski definition) is 4. The van der Waals surface area contributed by atoms with Gasteiger partial charge >= 0.3 is 19.1 Å². The second kappa shape index (κ2) is 9.55. The summed E-state index contributed by atoms with van der Waals surface area (Å²) in [5, 5.41) is 31.1. The number of carbonyl (C=O) groups is 3. The average molecular weight is 406 g/mol. The zero-order valence-electron chi connectivity index (χ0n) is 16.3. The van der Waals surface area contributed by atoms with Crippen molar-refractivity contribution in [2.24, 2.45) is 0 Å². The predicted molar refractivity (Wildman–Crippen MR) is 103 cm³/mol. The Morgan fingerprint density at radius 2 is 1.97 bits per heavy atom. The second-order valence-electron chi connectivity index (χ2n) is 6.55. The van der Waals surface area contributed by atoms with Gasteiger partial charge in [-0.05, 0) is 26.0 Å². The van der Waals surface area contributed by atoms with Crippen LogP contribution in [-0.4, -0.2) is 77.9 Å². The van der Waals surface area contributed by atoms with E-state index in [1.54, 1.807) is 13.8 Å². The third-order valence-electron chi connectivity index (χ3n) is 4.12. The molecule has 2 rings (SSSR count). The number of benzene rings is 1. The first-order valence-electron chi connectivity index (χ1n) is 8.89. The fraction of sp³-hybridized carbons (Fsp3) is 0.389. The summed E-state index contributed by atoms with van der Waals surface area (Å²) in [5.74, 6) is -1.96. The van der Waals surface area contributed by atoms with Crippen molar-refractivity contribution in [3.63, 3.8) is 0 Å². The number of β-amino-alcohol motifs (C(OH)–C–C–N with tert-alkyl or cyclic N) is 1. The van der Waals surface area contributed by atoms with Gasteiger partial charge in [-0.1, -0.05) is 6.07 Å². The van der Waals surface area contributed by atoms with E-state index < -0.39 is 25.0 Å². The number of aliphatic hydroxyl groups is 1. The van der Waals surface area contributed by atoms with E-state index in [1.807, 2.05) is 0 Å². The molecular formula is C18H23BN2O8. The highest BCUT2D eigenvalue weighted by atomic mass is 16.5. The lowest BCUT2D eigenvalue weighted by Gasteiger charge is -2.17. The molecule has 0 radical (unpaired) electrons. The highest BCUT2D eigenvalue weighted by molar-refractivity contribution is 6.60. The van der Waals surface area contributed by atoms with Crippen LogP contribution in [0.2, 0.25) is 0 Å². The summed E-state index contributed by atoms with van der Waals surface area (Å²) in [5.41, 5.74) is 0.00886. The predicted octanol–water partition coefficient (Wildman–Crippen LogP) is -1.39. The van der Waals surface area contributed by atoms with Gasteiger partial charge in [0, 0.05) is 17.7 Å². The van der Waals surface area contributed by atoms with Gasteiger partial charge < -0.3 is 34.8 Å². The molecule has 1 aromatic rings. The van der Waals surface area contributed by atoms with Crippen LogP contribution >= 0.6 is 0 Å². The zero-order valence-corrected chi connectivity index (χ0v) is 16.3. The number of nitrogens with one attached hydrogen (secondary N) is 1. The molecule has 0 aromatic heterocycles. The van der Waals surface area contributed by atoms with Gasteiger partial charge in [0.15, 0.2) is 0 Å². The van der Waals surface area contributed by atoms with Crippen LogP contribution in [0.25, 0.3) is 0 Å². The van der Waals surface area contributed by atoms with Crippen LogP contribution in [0.15, 0.2) is 29.5 Å². The van der Waals surface area contributed by atoms with E-state index in [9.17, 15) is 24.4 Å². The van der Waals surface area contributed by atoms with Crippen molar-refractivity contribution in [2.45, 2.75) is 20.0 Å². The SMILES string of the molecule is COC(=O)C1=C(Nc2cc(C(=O)OC(C)C)ccc2B(O)O)C(=O)N(CCO)C1. The van der Waals surface area contributed by atoms with Crippen molar-refractivity contribution in [2.75, 3.05) is 32.1 Å². The van der Waals surface area contributed by atoms with Crippen LogP contribution < -0.4 is 10.8 Å². The van der Waals surface area contributed by atoms with Crippen molar-refractivity contribution >= 4 is 36.1 Å². The Kier molecular flexibility index (Phi) is 7.37. The quantitative estimate of drug-likeness (QED) is 0.303. The molecule has 0 fully saturated rings. The molecule has 11 heteroatoms. The molecule has 10 nitrogen and oxygen atoms in total. The summed E-state index contributed by atoms with van der Waals surface area (Å²) >= 11 is 0. The summed E-state index contributed by atoms with van der Waals surface area (Å²) in [4.78, 5) is 38.2. The number of hydrogen-bond acceptors (Lipinski definition) is 9. The number of aliphatic hydroxyl groups excluding tert-OH is 1. The van der Waals surface area contributed by atoms with E-state index in [-0.39, 0.29) is 53.8 Å². The van der Waals surface area contributed by atoms with Gasteiger partial charge in [0.1, 0.15) is 5.70 Å². The number of carbonyl (C=O) groups excluding carboxylic acids is 3. The standard InChI is InChI=1S/C18H23BN2O8/c1-10(2)29-17(24)11-4-5-13(19(26)27)14(8-11)20-15-12(18(25)28-3)9-21(6-7-22)16(15)23/h4-5,8,10,20,22,26-27H,6-7,9H2,1-3H3. The molecule has 0 bridgehead atoms. The van der Waals surface area contributed by atoms with Crippen LogP contribution in [0.5, 0.6) is 0 Å². The van der Waals surface area contributed by atoms with E-state index in [0.29, 0.717) is 0 Å². The number of nitrogens with zero attached hydrogens (tertiary/aromatic N) is 1. The number of rotatable bonds is 8. The lowest BCUT2D eigenvalue weighted by molar-refractivity contribution is -0.136. The molecule has 0 atom stereocenters. The maximum Gasteiger partial charge on any atom is 0.490 e. The summed E-state index contributed by atoms with van der Waals surface area (Å²) in [6.45, 7) is 2.98. The van der Waals surface area contributed by atoms with Crippen LogP contribution in [0.4, 0.5) is 5.69 Å². The highest BCUT2D eigenvalue weighted by Gasteiger charge is 2.35. The number of methoxy groups -OCH3 is 1. The Balaban J connectivity index is 2.46. The van der Waals surface area contributed by atoms with Gasteiger partial charge in [0.05, 0.1) is 37.5 Å². The third-order valence-corrected chi connectivity index (χ3v) is 4.12. The van der Waals surface area contributed by atoms with Gasteiger partial charge in [0.2, 0.25) is 0 Å². The summed E-state index contributed by atoms with van der Waals surface area (Å²) in [6.07, 6.45) is -0.362. The molecule has 0 saturated carbocycles. The molecule has 1 amide bonds. The molecule has 0 aliphatic carbocycles. The van der Waals surface area contributed by atoms with E-state index in [1.165, 1.54) is 23.1 Å².